The molecule has 1 heterocycles. The van der Waals surface area contributed by atoms with E-state index in [1.54, 1.807) is 7.11 Å². The highest BCUT2D eigenvalue weighted by Gasteiger charge is 2.28. The fourth-order valence-corrected chi connectivity index (χ4v) is 2.08. The number of nitrogens with two attached hydrogens (primary N) is 1. The average Bonchev–Trinajstić information content (AvgIpc) is 2.47. The first-order valence-corrected chi connectivity index (χ1v) is 6.54. The van der Waals surface area contributed by atoms with Gasteiger partial charge in [-0.25, -0.2) is 4.79 Å². The second-order valence-electron chi connectivity index (χ2n) is 4.57. The number of benzene rings is 1. The van der Waals surface area contributed by atoms with Crippen molar-refractivity contribution < 1.29 is 28.5 Å². The minimum Gasteiger partial charge on any atom is -0.485 e. The summed E-state index contributed by atoms with van der Waals surface area (Å²) in [5.74, 6) is 0.455. The standard InChI is InChI=1S/C14H19NO6/c1-8(7-17-2)21-10-6-9(15)11(14(16)18-3)13-12(10)19-4-5-20-13/h6,8H,4-5,7,15H2,1-3H3. The Morgan fingerprint density at radius 2 is 2.00 bits per heavy atom. The minimum absolute atomic E-state index is 0.152. The molecule has 2 N–H and O–H groups in total. The normalized spacial score (nSPS) is 14.4. The maximum absolute atomic E-state index is 11.8. The van der Waals surface area contributed by atoms with E-state index in [-0.39, 0.29) is 23.1 Å². The summed E-state index contributed by atoms with van der Waals surface area (Å²) in [4.78, 5) is 11.8. The molecule has 21 heavy (non-hydrogen) atoms. The number of esters is 1. The average molecular weight is 297 g/mol. The molecule has 7 heteroatoms. The topological polar surface area (TPSA) is 89.2 Å². The molecule has 0 fully saturated rings. The van der Waals surface area contributed by atoms with Crippen LogP contribution in [-0.2, 0) is 9.47 Å². The van der Waals surface area contributed by atoms with Crippen LogP contribution < -0.4 is 19.9 Å². The molecule has 0 saturated carbocycles. The molecular formula is C14H19NO6. The number of carbonyl (C=O) groups is 1. The Morgan fingerprint density at radius 1 is 1.33 bits per heavy atom. The van der Waals surface area contributed by atoms with Crippen molar-refractivity contribution in [3.8, 4) is 17.2 Å². The molecule has 7 nitrogen and oxygen atoms in total. The first-order chi connectivity index (χ1) is 10.1. The second kappa shape index (κ2) is 6.53. The summed E-state index contributed by atoms with van der Waals surface area (Å²) >= 11 is 0. The van der Waals surface area contributed by atoms with Gasteiger partial charge in [0.2, 0.25) is 5.75 Å². The summed E-state index contributed by atoms with van der Waals surface area (Å²) in [5, 5.41) is 0. The smallest absolute Gasteiger partial charge is 0.343 e. The number of nitrogen functional groups attached to an aromatic ring is 1. The van der Waals surface area contributed by atoms with Gasteiger partial charge in [-0.1, -0.05) is 0 Å². The van der Waals surface area contributed by atoms with Crippen molar-refractivity contribution in [1.29, 1.82) is 0 Å². The van der Waals surface area contributed by atoms with E-state index in [9.17, 15) is 4.79 Å². The van der Waals surface area contributed by atoms with Crippen LogP contribution in [0, 0.1) is 0 Å². The van der Waals surface area contributed by atoms with Gasteiger partial charge in [-0.15, -0.1) is 0 Å². The van der Waals surface area contributed by atoms with Gasteiger partial charge in [-0.05, 0) is 6.92 Å². The summed E-state index contributed by atoms with van der Waals surface area (Å²) in [5.41, 5.74) is 6.29. The predicted molar refractivity (Wildman–Crippen MR) is 75.1 cm³/mol. The Hall–Kier alpha value is -2.15. The molecule has 0 bridgehead atoms. The molecule has 0 aromatic heterocycles. The summed E-state index contributed by atoms with van der Waals surface area (Å²) in [6.45, 7) is 2.96. The lowest BCUT2D eigenvalue weighted by molar-refractivity contribution is 0.0589. The van der Waals surface area contributed by atoms with Crippen LogP contribution in [0.25, 0.3) is 0 Å². The summed E-state index contributed by atoms with van der Waals surface area (Å²) in [6, 6.07) is 1.53. The van der Waals surface area contributed by atoms with Crippen molar-refractivity contribution in [3.05, 3.63) is 11.6 Å². The van der Waals surface area contributed by atoms with Crippen LogP contribution in [0.2, 0.25) is 0 Å². The number of anilines is 1. The number of rotatable bonds is 5. The summed E-state index contributed by atoms with van der Waals surface area (Å²) in [7, 11) is 2.87. The van der Waals surface area contributed by atoms with Crippen LogP contribution in [0.5, 0.6) is 17.2 Å². The van der Waals surface area contributed by atoms with Crippen molar-refractivity contribution >= 4 is 11.7 Å². The van der Waals surface area contributed by atoms with E-state index in [1.165, 1.54) is 13.2 Å². The first-order valence-electron chi connectivity index (χ1n) is 6.54. The highest BCUT2D eigenvalue weighted by molar-refractivity contribution is 6.00. The SMILES string of the molecule is COCC(C)Oc1cc(N)c(C(=O)OC)c2c1OCCO2. The molecule has 1 aliphatic heterocycles. The Bertz CT molecular complexity index is 531. The van der Waals surface area contributed by atoms with E-state index in [4.69, 9.17) is 29.4 Å². The first kappa shape index (κ1) is 15.2. The molecule has 1 aliphatic rings. The zero-order valence-electron chi connectivity index (χ0n) is 12.3. The molecule has 1 aromatic carbocycles. The lowest BCUT2D eigenvalue weighted by atomic mass is 10.1. The Morgan fingerprint density at radius 3 is 2.62 bits per heavy atom. The fraction of sp³-hybridized carbons (Fsp3) is 0.500. The lowest BCUT2D eigenvalue weighted by Gasteiger charge is -2.25. The molecule has 0 spiro atoms. The monoisotopic (exact) mass is 297 g/mol. The van der Waals surface area contributed by atoms with Gasteiger partial charge >= 0.3 is 5.97 Å². The van der Waals surface area contributed by atoms with Gasteiger partial charge in [0.1, 0.15) is 24.9 Å². The van der Waals surface area contributed by atoms with Crippen LogP contribution in [0.4, 0.5) is 5.69 Å². The lowest BCUT2D eigenvalue weighted by Crippen LogP contribution is -2.23. The second-order valence-corrected chi connectivity index (χ2v) is 4.57. The van der Waals surface area contributed by atoms with Crippen molar-refractivity contribution in [2.24, 2.45) is 0 Å². The van der Waals surface area contributed by atoms with Crippen LogP contribution >= 0.6 is 0 Å². The fourth-order valence-electron chi connectivity index (χ4n) is 2.08. The molecule has 1 unspecified atom stereocenters. The van der Waals surface area contributed by atoms with Gasteiger partial charge in [-0.2, -0.15) is 0 Å². The van der Waals surface area contributed by atoms with Crippen molar-refractivity contribution in [3.63, 3.8) is 0 Å². The number of ether oxygens (including phenoxy) is 5. The van der Waals surface area contributed by atoms with Crippen molar-refractivity contribution in [2.75, 3.05) is 39.8 Å². The third-order valence-corrected chi connectivity index (χ3v) is 2.93. The van der Waals surface area contributed by atoms with Gasteiger partial charge in [-0.3, -0.25) is 0 Å². The van der Waals surface area contributed by atoms with Gasteiger partial charge in [0, 0.05) is 13.2 Å². The molecule has 0 saturated heterocycles. The largest absolute Gasteiger partial charge is 0.485 e. The van der Waals surface area contributed by atoms with E-state index < -0.39 is 5.97 Å². The predicted octanol–water partition coefficient (Wildman–Crippen LogP) is 1.24. The van der Waals surface area contributed by atoms with E-state index in [2.05, 4.69) is 0 Å². The third-order valence-electron chi connectivity index (χ3n) is 2.93. The molecule has 0 aliphatic carbocycles. The Kier molecular flexibility index (Phi) is 4.74. The number of hydrogen-bond acceptors (Lipinski definition) is 7. The molecule has 2 rings (SSSR count). The van der Waals surface area contributed by atoms with Crippen LogP contribution in [0.3, 0.4) is 0 Å². The van der Waals surface area contributed by atoms with Crippen molar-refractivity contribution in [1.82, 2.24) is 0 Å². The zero-order chi connectivity index (χ0) is 15.4. The van der Waals surface area contributed by atoms with Crippen LogP contribution in [0.15, 0.2) is 6.07 Å². The van der Waals surface area contributed by atoms with Gasteiger partial charge in [0.05, 0.1) is 19.4 Å². The third kappa shape index (κ3) is 3.13. The van der Waals surface area contributed by atoms with Gasteiger partial charge in [0.15, 0.2) is 11.5 Å². The molecule has 1 aromatic rings. The number of methoxy groups -OCH3 is 2. The zero-order valence-corrected chi connectivity index (χ0v) is 12.3. The quantitative estimate of drug-likeness (QED) is 0.646. The number of hydrogen-bond donors (Lipinski definition) is 1. The molecule has 0 radical (unpaired) electrons. The molecule has 1 atom stereocenters. The highest BCUT2D eigenvalue weighted by Crippen LogP contribution is 2.45. The Labute approximate surface area is 122 Å². The Balaban J connectivity index is 2.44. The van der Waals surface area contributed by atoms with E-state index in [0.717, 1.165) is 0 Å². The number of carbonyl (C=O) groups excluding carboxylic acids is 1. The van der Waals surface area contributed by atoms with Gasteiger partial charge in [0.25, 0.3) is 0 Å². The van der Waals surface area contributed by atoms with Crippen LogP contribution in [0.1, 0.15) is 17.3 Å². The summed E-state index contributed by atoms with van der Waals surface area (Å²) < 4.78 is 26.6. The maximum Gasteiger partial charge on any atom is 0.343 e. The van der Waals surface area contributed by atoms with Crippen LogP contribution in [-0.4, -0.2) is 46.1 Å². The molecule has 0 amide bonds. The van der Waals surface area contributed by atoms with E-state index in [0.29, 0.717) is 31.3 Å². The summed E-state index contributed by atoms with van der Waals surface area (Å²) in [6.07, 6.45) is -0.201. The molecular weight excluding hydrogens is 278 g/mol. The van der Waals surface area contributed by atoms with Gasteiger partial charge < -0.3 is 29.4 Å². The maximum atomic E-state index is 11.8. The molecule has 116 valence electrons. The highest BCUT2D eigenvalue weighted by atomic mass is 16.6. The van der Waals surface area contributed by atoms with E-state index >= 15 is 0 Å². The minimum atomic E-state index is -0.578. The number of fused-ring (bicyclic) bond motifs is 1. The van der Waals surface area contributed by atoms with Crippen molar-refractivity contribution in [2.45, 2.75) is 13.0 Å². The van der Waals surface area contributed by atoms with E-state index in [1.807, 2.05) is 6.92 Å².